The molecular weight excluding hydrogens is 380 g/mol. The van der Waals surface area contributed by atoms with Gasteiger partial charge in [0.2, 0.25) is 10.0 Å². The minimum atomic E-state index is -3.37. The molecule has 8 nitrogen and oxygen atoms in total. The topological polar surface area (TPSA) is 110 Å². The molecular formula is C19H20N4O4S. The van der Waals surface area contributed by atoms with E-state index in [4.69, 9.17) is 4.74 Å². The van der Waals surface area contributed by atoms with E-state index in [2.05, 4.69) is 20.0 Å². The molecule has 9 heteroatoms. The van der Waals surface area contributed by atoms with Crippen molar-refractivity contribution in [3.63, 3.8) is 0 Å². The number of hydrogen-bond donors (Lipinski definition) is 2. The number of amides is 1. The molecule has 0 saturated heterocycles. The molecule has 0 bridgehead atoms. The zero-order valence-electron chi connectivity index (χ0n) is 15.5. The second-order valence-electron chi connectivity index (χ2n) is 6.18. The van der Waals surface area contributed by atoms with Gasteiger partial charge < -0.3 is 10.1 Å². The van der Waals surface area contributed by atoms with Crippen molar-refractivity contribution in [1.82, 2.24) is 9.97 Å². The number of carbonyl (C=O) groups excluding carboxylic acids is 1. The van der Waals surface area contributed by atoms with Gasteiger partial charge in [0.25, 0.3) is 5.91 Å². The monoisotopic (exact) mass is 400 g/mol. The van der Waals surface area contributed by atoms with Gasteiger partial charge in [-0.25, -0.2) is 18.4 Å². The van der Waals surface area contributed by atoms with Crippen LogP contribution in [0.15, 0.2) is 54.6 Å². The number of nitrogens with zero attached hydrogens (tertiary/aromatic N) is 2. The number of methoxy groups -OCH3 is 1. The van der Waals surface area contributed by atoms with Gasteiger partial charge in [-0.3, -0.25) is 9.52 Å². The van der Waals surface area contributed by atoms with Gasteiger partial charge in [-0.1, -0.05) is 12.2 Å². The average Bonchev–Trinajstić information content (AvgIpc) is 2.67. The SMILES string of the molecule is COC1=C(c2cc(NC(=O)c3ccc(NS(C)(=O)=O)cc3)ncn2)C=CCC1. The fourth-order valence-electron chi connectivity index (χ4n) is 2.75. The molecule has 1 aromatic heterocycles. The molecule has 3 rings (SSSR count). The van der Waals surface area contributed by atoms with E-state index in [0.29, 0.717) is 22.8 Å². The van der Waals surface area contributed by atoms with E-state index < -0.39 is 10.0 Å². The molecule has 0 radical (unpaired) electrons. The Hall–Kier alpha value is -3.20. The summed E-state index contributed by atoms with van der Waals surface area (Å²) in [7, 11) is -1.74. The molecule has 0 saturated carbocycles. The average molecular weight is 400 g/mol. The number of carbonyl (C=O) groups is 1. The van der Waals surface area contributed by atoms with Gasteiger partial charge in [0, 0.05) is 29.3 Å². The molecule has 2 aromatic rings. The molecule has 0 unspecified atom stereocenters. The summed E-state index contributed by atoms with van der Waals surface area (Å²) < 4.78 is 30.3. The van der Waals surface area contributed by atoms with Crippen molar-refractivity contribution < 1.29 is 17.9 Å². The van der Waals surface area contributed by atoms with Gasteiger partial charge >= 0.3 is 0 Å². The van der Waals surface area contributed by atoms with Crippen LogP contribution in [0.3, 0.4) is 0 Å². The lowest BCUT2D eigenvalue weighted by atomic mass is 10.0. The minimum Gasteiger partial charge on any atom is -0.500 e. The molecule has 1 aliphatic rings. The smallest absolute Gasteiger partial charge is 0.256 e. The number of ether oxygens (including phenoxy) is 1. The van der Waals surface area contributed by atoms with Gasteiger partial charge in [-0.15, -0.1) is 0 Å². The van der Waals surface area contributed by atoms with Crippen LogP contribution in [-0.4, -0.2) is 37.7 Å². The van der Waals surface area contributed by atoms with Crippen molar-refractivity contribution >= 4 is 33.0 Å². The number of sulfonamides is 1. The third kappa shape index (κ3) is 4.95. The van der Waals surface area contributed by atoms with Crippen molar-refractivity contribution in [3.8, 4) is 0 Å². The zero-order valence-corrected chi connectivity index (χ0v) is 16.3. The standard InChI is InChI=1S/C19H20N4O4S/c1-27-17-6-4-3-5-15(17)16-11-18(21-12-20-16)22-19(24)13-7-9-14(10-8-13)23-28(2,25)26/h3,5,7-12,23H,4,6H2,1-2H3,(H,20,21,22,24). The summed E-state index contributed by atoms with van der Waals surface area (Å²) in [5.41, 5.74) is 2.27. The maximum absolute atomic E-state index is 12.5. The van der Waals surface area contributed by atoms with E-state index in [1.165, 1.54) is 30.6 Å². The summed E-state index contributed by atoms with van der Waals surface area (Å²) >= 11 is 0. The number of hydrogen-bond acceptors (Lipinski definition) is 6. The summed E-state index contributed by atoms with van der Waals surface area (Å²) in [5, 5.41) is 2.72. The third-order valence-electron chi connectivity index (χ3n) is 4.00. The highest BCUT2D eigenvalue weighted by Gasteiger charge is 2.14. The molecule has 0 fully saturated rings. The Morgan fingerprint density at radius 1 is 1.18 bits per heavy atom. The summed E-state index contributed by atoms with van der Waals surface area (Å²) in [5.74, 6) is 0.832. The second kappa shape index (κ2) is 8.22. The van der Waals surface area contributed by atoms with E-state index in [9.17, 15) is 13.2 Å². The fourth-order valence-corrected chi connectivity index (χ4v) is 3.31. The van der Waals surface area contributed by atoms with Crippen molar-refractivity contribution in [2.45, 2.75) is 12.8 Å². The van der Waals surface area contributed by atoms with Gasteiger partial charge in [0.1, 0.15) is 17.9 Å². The number of allylic oxidation sites excluding steroid dienone is 4. The summed E-state index contributed by atoms with van der Waals surface area (Å²) in [6, 6.07) is 7.77. The Labute approximate surface area is 163 Å². The van der Waals surface area contributed by atoms with E-state index in [1.807, 2.05) is 12.2 Å². The predicted octanol–water partition coefficient (Wildman–Crippen LogP) is 2.81. The number of anilines is 2. The molecule has 1 aromatic carbocycles. The normalized spacial score (nSPS) is 13.9. The number of nitrogens with one attached hydrogen (secondary N) is 2. The van der Waals surface area contributed by atoms with Crippen LogP contribution in [0, 0.1) is 0 Å². The molecule has 28 heavy (non-hydrogen) atoms. The summed E-state index contributed by atoms with van der Waals surface area (Å²) in [4.78, 5) is 20.8. The molecule has 1 amide bonds. The lowest BCUT2D eigenvalue weighted by Gasteiger charge is -2.14. The number of rotatable bonds is 6. The Bertz CT molecular complexity index is 1040. The highest BCUT2D eigenvalue weighted by Crippen LogP contribution is 2.27. The Morgan fingerprint density at radius 3 is 2.61 bits per heavy atom. The lowest BCUT2D eigenvalue weighted by molar-refractivity contribution is 0.102. The first-order valence-electron chi connectivity index (χ1n) is 8.51. The van der Waals surface area contributed by atoms with Crippen molar-refractivity contribution in [1.29, 1.82) is 0 Å². The van der Waals surface area contributed by atoms with E-state index in [1.54, 1.807) is 13.2 Å². The molecule has 0 atom stereocenters. The molecule has 0 aliphatic heterocycles. The first-order valence-corrected chi connectivity index (χ1v) is 10.4. The Kier molecular flexibility index (Phi) is 5.74. The van der Waals surface area contributed by atoms with Gasteiger partial charge in [-0.2, -0.15) is 0 Å². The van der Waals surface area contributed by atoms with E-state index >= 15 is 0 Å². The first-order chi connectivity index (χ1) is 13.4. The highest BCUT2D eigenvalue weighted by molar-refractivity contribution is 7.92. The molecule has 146 valence electrons. The van der Waals surface area contributed by atoms with Crippen LogP contribution in [0.5, 0.6) is 0 Å². The highest BCUT2D eigenvalue weighted by atomic mass is 32.2. The minimum absolute atomic E-state index is 0.357. The van der Waals surface area contributed by atoms with Crippen LogP contribution >= 0.6 is 0 Å². The number of benzene rings is 1. The number of aromatic nitrogens is 2. The predicted molar refractivity (Wildman–Crippen MR) is 107 cm³/mol. The van der Waals surface area contributed by atoms with Crippen molar-refractivity contribution in [3.05, 3.63) is 65.8 Å². The summed E-state index contributed by atoms with van der Waals surface area (Å²) in [6.45, 7) is 0. The maximum Gasteiger partial charge on any atom is 0.256 e. The maximum atomic E-state index is 12.5. The zero-order chi connectivity index (χ0) is 20.1. The lowest BCUT2D eigenvalue weighted by Crippen LogP contribution is -2.14. The third-order valence-corrected chi connectivity index (χ3v) is 4.61. The first kappa shape index (κ1) is 19.6. The molecule has 2 N–H and O–H groups in total. The molecule has 1 heterocycles. The van der Waals surface area contributed by atoms with E-state index in [0.717, 1.165) is 30.4 Å². The molecule has 0 spiro atoms. The van der Waals surface area contributed by atoms with Crippen LogP contribution in [0.2, 0.25) is 0 Å². The van der Waals surface area contributed by atoms with Gasteiger partial charge in [0.15, 0.2) is 0 Å². The second-order valence-corrected chi connectivity index (χ2v) is 7.92. The Balaban J connectivity index is 1.76. The fraction of sp³-hybridized carbons (Fsp3) is 0.211. The van der Waals surface area contributed by atoms with Gasteiger partial charge in [0.05, 0.1) is 19.1 Å². The van der Waals surface area contributed by atoms with Crippen LogP contribution in [0.4, 0.5) is 11.5 Å². The van der Waals surface area contributed by atoms with Crippen molar-refractivity contribution in [2.24, 2.45) is 0 Å². The van der Waals surface area contributed by atoms with Crippen LogP contribution in [-0.2, 0) is 14.8 Å². The summed E-state index contributed by atoms with van der Waals surface area (Å²) in [6.07, 6.45) is 8.14. The van der Waals surface area contributed by atoms with Crippen molar-refractivity contribution in [2.75, 3.05) is 23.4 Å². The van der Waals surface area contributed by atoms with Crippen LogP contribution in [0.25, 0.3) is 5.57 Å². The van der Waals surface area contributed by atoms with E-state index in [-0.39, 0.29) is 5.91 Å². The molecule has 1 aliphatic carbocycles. The largest absolute Gasteiger partial charge is 0.500 e. The Morgan fingerprint density at radius 2 is 1.93 bits per heavy atom. The van der Waals surface area contributed by atoms with Gasteiger partial charge in [-0.05, 0) is 30.7 Å². The van der Waals surface area contributed by atoms with Crippen LogP contribution in [0.1, 0.15) is 28.9 Å². The van der Waals surface area contributed by atoms with Crippen LogP contribution < -0.4 is 10.0 Å². The quantitative estimate of drug-likeness (QED) is 0.771.